The van der Waals surface area contributed by atoms with E-state index in [-0.39, 0.29) is 17.2 Å². The first kappa shape index (κ1) is 12.5. The van der Waals surface area contributed by atoms with Crippen LogP contribution in [0, 0.1) is 18.6 Å². The van der Waals surface area contributed by atoms with Gasteiger partial charge in [0.1, 0.15) is 17.5 Å². The monoisotopic (exact) mass is 271 g/mol. The minimum Gasteiger partial charge on any atom is -0.383 e. The summed E-state index contributed by atoms with van der Waals surface area (Å²) in [7, 11) is 0. The number of nitrogens with two attached hydrogens (primary N) is 1. The van der Waals surface area contributed by atoms with Gasteiger partial charge < -0.3 is 5.73 Å². The second-order valence-corrected chi connectivity index (χ2v) is 4.55. The summed E-state index contributed by atoms with van der Waals surface area (Å²) in [5.41, 5.74) is 7.17. The molecule has 100 valence electrons. The summed E-state index contributed by atoms with van der Waals surface area (Å²) in [6.07, 6.45) is 0. The zero-order valence-electron chi connectivity index (χ0n) is 10.7. The van der Waals surface area contributed by atoms with Gasteiger partial charge in [-0.15, -0.1) is 0 Å². The van der Waals surface area contributed by atoms with E-state index in [1.54, 1.807) is 6.07 Å². The van der Waals surface area contributed by atoms with Crippen LogP contribution in [0.3, 0.4) is 0 Å². The van der Waals surface area contributed by atoms with Crippen LogP contribution in [0.2, 0.25) is 0 Å². The molecule has 2 N–H and O–H groups in total. The molecule has 0 saturated heterocycles. The third-order valence-corrected chi connectivity index (χ3v) is 3.07. The van der Waals surface area contributed by atoms with E-state index < -0.39 is 11.6 Å². The highest BCUT2D eigenvalue weighted by atomic mass is 19.1. The zero-order chi connectivity index (χ0) is 14.3. The van der Waals surface area contributed by atoms with Gasteiger partial charge in [-0.25, -0.2) is 18.7 Å². The molecule has 0 unspecified atom stereocenters. The highest BCUT2D eigenvalue weighted by molar-refractivity contribution is 5.90. The molecule has 0 aliphatic heterocycles. The predicted octanol–water partition coefficient (Wildman–Crippen LogP) is 3.47. The molecule has 1 aromatic heterocycles. The van der Waals surface area contributed by atoms with E-state index in [0.717, 1.165) is 17.7 Å². The Bertz CT molecular complexity index is 795. The molecule has 3 aromatic rings. The Labute approximate surface area is 114 Å². The predicted molar refractivity (Wildman–Crippen MR) is 74.0 cm³/mol. The second-order valence-electron chi connectivity index (χ2n) is 4.55. The molecule has 0 aliphatic carbocycles. The van der Waals surface area contributed by atoms with Crippen LogP contribution in [-0.2, 0) is 0 Å². The van der Waals surface area contributed by atoms with Gasteiger partial charge in [0, 0.05) is 5.39 Å². The number of anilines is 1. The topological polar surface area (TPSA) is 51.8 Å². The van der Waals surface area contributed by atoms with Crippen molar-refractivity contribution < 1.29 is 8.78 Å². The molecule has 1 heterocycles. The van der Waals surface area contributed by atoms with Gasteiger partial charge >= 0.3 is 0 Å². The van der Waals surface area contributed by atoms with E-state index in [0.29, 0.717) is 10.9 Å². The first-order valence-corrected chi connectivity index (χ1v) is 6.04. The molecule has 0 aliphatic rings. The minimum atomic E-state index is -0.712. The van der Waals surface area contributed by atoms with Gasteiger partial charge in [-0.05, 0) is 31.2 Å². The summed E-state index contributed by atoms with van der Waals surface area (Å²) in [6, 6.07) is 9.07. The van der Waals surface area contributed by atoms with Crippen LogP contribution >= 0.6 is 0 Å². The van der Waals surface area contributed by atoms with Crippen molar-refractivity contribution >= 4 is 16.7 Å². The maximum Gasteiger partial charge on any atom is 0.168 e. The molecule has 3 rings (SSSR count). The Morgan fingerprint density at radius 1 is 1.00 bits per heavy atom. The Morgan fingerprint density at radius 3 is 2.40 bits per heavy atom. The quantitative estimate of drug-likeness (QED) is 0.737. The van der Waals surface area contributed by atoms with Gasteiger partial charge in [-0.1, -0.05) is 17.7 Å². The van der Waals surface area contributed by atoms with Gasteiger partial charge in [-0.3, -0.25) is 0 Å². The highest BCUT2D eigenvalue weighted by Gasteiger charge is 2.15. The number of aromatic nitrogens is 2. The molecule has 0 amide bonds. The molecule has 0 bridgehead atoms. The lowest BCUT2D eigenvalue weighted by atomic mass is 10.1. The fourth-order valence-corrected chi connectivity index (χ4v) is 2.09. The summed E-state index contributed by atoms with van der Waals surface area (Å²) in [6.45, 7) is 1.92. The molecule has 0 atom stereocenters. The summed E-state index contributed by atoms with van der Waals surface area (Å²) in [4.78, 5) is 8.22. The highest BCUT2D eigenvalue weighted by Crippen LogP contribution is 2.27. The van der Waals surface area contributed by atoms with Gasteiger partial charge in [0.05, 0.1) is 11.1 Å². The van der Waals surface area contributed by atoms with Crippen LogP contribution in [0.25, 0.3) is 22.3 Å². The molecule has 20 heavy (non-hydrogen) atoms. The van der Waals surface area contributed by atoms with E-state index in [1.807, 2.05) is 19.1 Å². The number of aryl methyl sites for hydroxylation is 1. The van der Waals surface area contributed by atoms with E-state index in [1.165, 1.54) is 6.07 Å². The van der Waals surface area contributed by atoms with E-state index in [4.69, 9.17) is 5.73 Å². The molecule has 0 fully saturated rings. The number of benzene rings is 2. The van der Waals surface area contributed by atoms with Crippen molar-refractivity contribution in [2.45, 2.75) is 6.92 Å². The van der Waals surface area contributed by atoms with E-state index >= 15 is 0 Å². The fourth-order valence-electron chi connectivity index (χ4n) is 2.09. The van der Waals surface area contributed by atoms with Crippen molar-refractivity contribution in [1.29, 1.82) is 0 Å². The Morgan fingerprint density at radius 2 is 1.70 bits per heavy atom. The van der Waals surface area contributed by atoms with Gasteiger partial charge in [0.2, 0.25) is 0 Å². The summed E-state index contributed by atoms with van der Waals surface area (Å²) < 4.78 is 27.5. The molecule has 0 radical (unpaired) electrons. The molecule has 3 nitrogen and oxygen atoms in total. The second kappa shape index (κ2) is 4.52. The summed E-state index contributed by atoms with van der Waals surface area (Å²) >= 11 is 0. The van der Waals surface area contributed by atoms with Crippen molar-refractivity contribution in [3.05, 3.63) is 53.6 Å². The SMILES string of the molecule is Cc1ccc2nc(-c3c(F)cccc3F)nc(N)c2c1. The number of halogens is 2. The van der Waals surface area contributed by atoms with Gasteiger partial charge in [0.15, 0.2) is 5.82 Å². The van der Waals surface area contributed by atoms with Crippen LogP contribution in [0.4, 0.5) is 14.6 Å². The van der Waals surface area contributed by atoms with Crippen LogP contribution < -0.4 is 5.73 Å². The van der Waals surface area contributed by atoms with Gasteiger partial charge in [-0.2, -0.15) is 0 Å². The van der Waals surface area contributed by atoms with Crippen LogP contribution in [-0.4, -0.2) is 9.97 Å². The van der Waals surface area contributed by atoms with Crippen molar-refractivity contribution in [1.82, 2.24) is 9.97 Å². The Kier molecular flexibility index (Phi) is 2.82. The van der Waals surface area contributed by atoms with Crippen molar-refractivity contribution in [3.8, 4) is 11.4 Å². The molecule has 5 heteroatoms. The minimum absolute atomic E-state index is 0.0468. The van der Waals surface area contributed by atoms with Crippen LogP contribution in [0.5, 0.6) is 0 Å². The van der Waals surface area contributed by atoms with E-state index in [9.17, 15) is 8.78 Å². The molecule has 0 spiro atoms. The normalized spacial score (nSPS) is 10.9. The summed E-state index contributed by atoms with van der Waals surface area (Å²) in [5, 5.41) is 0.672. The maximum atomic E-state index is 13.8. The van der Waals surface area contributed by atoms with E-state index in [2.05, 4.69) is 9.97 Å². The lowest BCUT2D eigenvalue weighted by Crippen LogP contribution is -2.01. The first-order chi connectivity index (χ1) is 9.56. The van der Waals surface area contributed by atoms with Crippen molar-refractivity contribution in [2.75, 3.05) is 5.73 Å². The molecular weight excluding hydrogens is 260 g/mol. The largest absolute Gasteiger partial charge is 0.383 e. The smallest absolute Gasteiger partial charge is 0.168 e. The third kappa shape index (κ3) is 1.97. The Hall–Kier alpha value is -2.56. The average Bonchev–Trinajstić information content (AvgIpc) is 2.39. The van der Waals surface area contributed by atoms with Crippen molar-refractivity contribution in [3.63, 3.8) is 0 Å². The number of nitrogens with zero attached hydrogens (tertiary/aromatic N) is 2. The van der Waals surface area contributed by atoms with Crippen molar-refractivity contribution in [2.24, 2.45) is 0 Å². The maximum absolute atomic E-state index is 13.8. The third-order valence-electron chi connectivity index (χ3n) is 3.07. The lowest BCUT2D eigenvalue weighted by Gasteiger charge is -2.07. The van der Waals surface area contributed by atoms with Crippen LogP contribution in [0.15, 0.2) is 36.4 Å². The standard InChI is InChI=1S/C15H11F2N3/c1-8-5-6-12-9(7-8)14(18)20-15(19-12)13-10(16)3-2-4-11(13)17/h2-7H,1H3,(H2,18,19,20). The molecular formula is C15H11F2N3. The number of fused-ring (bicyclic) bond motifs is 1. The fraction of sp³-hybridized carbons (Fsp3) is 0.0667. The first-order valence-electron chi connectivity index (χ1n) is 6.04. The summed E-state index contributed by atoms with van der Waals surface area (Å²) in [5.74, 6) is -1.27. The zero-order valence-corrected chi connectivity index (χ0v) is 10.7. The number of nitrogen functional groups attached to an aromatic ring is 1. The van der Waals surface area contributed by atoms with Gasteiger partial charge in [0.25, 0.3) is 0 Å². The molecule has 0 saturated carbocycles. The number of hydrogen-bond acceptors (Lipinski definition) is 3. The van der Waals surface area contributed by atoms with Crippen LogP contribution in [0.1, 0.15) is 5.56 Å². The number of rotatable bonds is 1. The average molecular weight is 271 g/mol. The number of hydrogen-bond donors (Lipinski definition) is 1. The Balaban J connectivity index is 2.31. The lowest BCUT2D eigenvalue weighted by molar-refractivity contribution is 0.587. The molecule has 2 aromatic carbocycles.